The molecule has 2 amide bonds. The van der Waals surface area contributed by atoms with Crippen LogP contribution in [0.2, 0.25) is 5.02 Å². The zero-order valence-electron chi connectivity index (χ0n) is 14.5. The van der Waals surface area contributed by atoms with Crippen molar-refractivity contribution in [3.05, 3.63) is 70.7 Å². The minimum Gasteiger partial charge on any atom is -0.350 e. The molecule has 0 radical (unpaired) electrons. The Morgan fingerprint density at radius 2 is 1.68 bits per heavy atom. The third kappa shape index (κ3) is 5.61. The summed E-state index contributed by atoms with van der Waals surface area (Å²) in [5.74, 6) is -0.217. The third-order valence-electron chi connectivity index (χ3n) is 4.05. The maximum absolute atomic E-state index is 12.5. The van der Waals surface area contributed by atoms with Crippen molar-refractivity contribution < 1.29 is 9.59 Å². The van der Waals surface area contributed by atoms with Gasteiger partial charge in [-0.15, -0.1) is 0 Å². The van der Waals surface area contributed by atoms with Crippen LogP contribution < -0.4 is 5.32 Å². The van der Waals surface area contributed by atoms with Crippen LogP contribution >= 0.6 is 11.6 Å². The molecule has 0 aliphatic carbocycles. The van der Waals surface area contributed by atoms with Crippen LogP contribution in [0.25, 0.3) is 0 Å². The molecule has 132 valence electrons. The van der Waals surface area contributed by atoms with Crippen molar-refractivity contribution in [2.24, 2.45) is 0 Å². The van der Waals surface area contributed by atoms with Gasteiger partial charge in [0, 0.05) is 24.5 Å². The molecule has 0 aromatic heterocycles. The summed E-state index contributed by atoms with van der Waals surface area (Å²) in [6.45, 7) is 4.38. The van der Waals surface area contributed by atoms with Crippen LogP contribution in [-0.4, -0.2) is 22.8 Å². The quantitative estimate of drug-likeness (QED) is 0.818. The standard InChI is InChI=1S/C20H23ClN2O2/c1-3-19(24)23(14-17-7-5-4-6-8-17)15(2)20(25)22-13-16-9-11-18(21)12-10-16/h4-12,15H,3,13-14H2,1-2H3,(H,22,25). The van der Waals surface area contributed by atoms with Crippen LogP contribution in [0.3, 0.4) is 0 Å². The third-order valence-corrected chi connectivity index (χ3v) is 4.30. The van der Waals surface area contributed by atoms with E-state index in [0.29, 0.717) is 24.5 Å². The lowest BCUT2D eigenvalue weighted by Gasteiger charge is -2.28. The Bertz CT molecular complexity index is 701. The van der Waals surface area contributed by atoms with Gasteiger partial charge in [-0.25, -0.2) is 0 Å². The van der Waals surface area contributed by atoms with Crippen molar-refractivity contribution in [3.8, 4) is 0 Å². The molecule has 0 aliphatic rings. The van der Waals surface area contributed by atoms with Crippen LogP contribution in [0.4, 0.5) is 0 Å². The number of amides is 2. The van der Waals surface area contributed by atoms with E-state index in [9.17, 15) is 9.59 Å². The number of hydrogen-bond acceptors (Lipinski definition) is 2. The fourth-order valence-corrected chi connectivity index (χ4v) is 2.63. The molecule has 0 heterocycles. The van der Waals surface area contributed by atoms with E-state index in [0.717, 1.165) is 11.1 Å². The van der Waals surface area contributed by atoms with Gasteiger partial charge in [-0.1, -0.05) is 61.0 Å². The first-order chi connectivity index (χ1) is 12.0. The molecular weight excluding hydrogens is 336 g/mol. The second-order valence-electron chi connectivity index (χ2n) is 5.88. The molecule has 2 rings (SSSR count). The Kier molecular flexibility index (Phi) is 7.02. The summed E-state index contributed by atoms with van der Waals surface area (Å²) >= 11 is 5.86. The molecule has 2 aromatic rings. The number of hydrogen-bond donors (Lipinski definition) is 1. The molecule has 2 aromatic carbocycles. The molecule has 25 heavy (non-hydrogen) atoms. The summed E-state index contributed by atoms with van der Waals surface area (Å²) in [5.41, 5.74) is 1.96. The van der Waals surface area contributed by atoms with Crippen LogP contribution in [0, 0.1) is 0 Å². The zero-order chi connectivity index (χ0) is 18.2. The van der Waals surface area contributed by atoms with Crippen molar-refractivity contribution in [1.82, 2.24) is 10.2 Å². The van der Waals surface area contributed by atoms with Crippen LogP contribution in [-0.2, 0) is 22.7 Å². The van der Waals surface area contributed by atoms with Gasteiger partial charge in [-0.05, 0) is 30.2 Å². The fraction of sp³-hybridized carbons (Fsp3) is 0.300. The van der Waals surface area contributed by atoms with Crippen molar-refractivity contribution in [2.75, 3.05) is 0 Å². The van der Waals surface area contributed by atoms with Crippen molar-refractivity contribution in [2.45, 2.75) is 39.4 Å². The lowest BCUT2D eigenvalue weighted by atomic mass is 10.1. The molecule has 0 spiro atoms. The maximum Gasteiger partial charge on any atom is 0.242 e. The second-order valence-corrected chi connectivity index (χ2v) is 6.32. The van der Waals surface area contributed by atoms with Gasteiger partial charge in [0.1, 0.15) is 6.04 Å². The molecule has 4 nitrogen and oxygen atoms in total. The van der Waals surface area contributed by atoms with Gasteiger partial charge in [0.2, 0.25) is 11.8 Å². The number of nitrogens with zero attached hydrogens (tertiary/aromatic N) is 1. The Morgan fingerprint density at radius 3 is 2.28 bits per heavy atom. The minimum atomic E-state index is -0.542. The Labute approximate surface area is 153 Å². The summed E-state index contributed by atoms with van der Waals surface area (Å²) in [6, 6.07) is 16.5. The SMILES string of the molecule is CCC(=O)N(Cc1ccccc1)C(C)C(=O)NCc1ccc(Cl)cc1. The molecule has 1 N–H and O–H groups in total. The molecule has 5 heteroatoms. The van der Waals surface area contributed by atoms with E-state index in [2.05, 4.69) is 5.32 Å². The first-order valence-corrected chi connectivity index (χ1v) is 8.74. The highest BCUT2D eigenvalue weighted by Crippen LogP contribution is 2.12. The van der Waals surface area contributed by atoms with Gasteiger partial charge >= 0.3 is 0 Å². The Hall–Kier alpha value is -2.33. The number of nitrogens with one attached hydrogen (secondary N) is 1. The van der Waals surface area contributed by atoms with Gasteiger partial charge in [0.05, 0.1) is 0 Å². The number of carbonyl (C=O) groups is 2. The van der Waals surface area contributed by atoms with E-state index in [1.807, 2.05) is 42.5 Å². The molecule has 1 unspecified atom stereocenters. The zero-order valence-corrected chi connectivity index (χ0v) is 15.3. The van der Waals surface area contributed by atoms with Crippen LogP contribution in [0.1, 0.15) is 31.4 Å². The van der Waals surface area contributed by atoms with Gasteiger partial charge in [-0.2, -0.15) is 0 Å². The van der Waals surface area contributed by atoms with Gasteiger partial charge in [0.15, 0.2) is 0 Å². The Morgan fingerprint density at radius 1 is 1.04 bits per heavy atom. The number of halogens is 1. The van der Waals surface area contributed by atoms with Gasteiger partial charge in [-0.3, -0.25) is 9.59 Å². The van der Waals surface area contributed by atoms with Crippen molar-refractivity contribution in [3.63, 3.8) is 0 Å². The number of benzene rings is 2. The largest absolute Gasteiger partial charge is 0.350 e. The predicted molar refractivity (Wildman–Crippen MR) is 100 cm³/mol. The van der Waals surface area contributed by atoms with Crippen molar-refractivity contribution in [1.29, 1.82) is 0 Å². The molecular formula is C20H23ClN2O2. The average molecular weight is 359 g/mol. The summed E-state index contributed by atoms with van der Waals surface area (Å²) in [7, 11) is 0. The second kappa shape index (κ2) is 9.23. The van der Waals surface area contributed by atoms with Crippen LogP contribution in [0.15, 0.2) is 54.6 Å². The molecule has 0 saturated heterocycles. The summed E-state index contributed by atoms with van der Waals surface area (Å²) in [5, 5.41) is 3.55. The summed E-state index contributed by atoms with van der Waals surface area (Å²) in [6.07, 6.45) is 0.363. The molecule has 0 fully saturated rings. The van der Waals surface area contributed by atoms with Gasteiger partial charge < -0.3 is 10.2 Å². The van der Waals surface area contributed by atoms with E-state index < -0.39 is 6.04 Å². The lowest BCUT2D eigenvalue weighted by molar-refractivity contribution is -0.140. The highest BCUT2D eigenvalue weighted by Gasteiger charge is 2.24. The minimum absolute atomic E-state index is 0.0435. The van der Waals surface area contributed by atoms with Crippen LogP contribution in [0.5, 0.6) is 0 Å². The highest BCUT2D eigenvalue weighted by molar-refractivity contribution is 6.30. The molecule has 0 aliphatic heterocycles. The highest BCUT2D eigenvalue weighted by atomic mass is 35.5. The first kappa shape index (κ1) is 19.0. The normalized spacial score (nSPS) is 11.6. The average Bonchev–Trinajstić information content (AvgIpc) is 2.65. The topological polar surface area (TPSA) is 49.4 Å². The molecule has 0 saturated carbocycles. The maximum atomic E-state index is 12.5. The lowest BCUT2D eigenvalue weighted by Crippen LogP contribution is -2.47. The van der Waals surface area contributed by atoms with Gasteiger partial charge in [0.25, 0.3) is 0 Å². The summed E-state index contributed by atoms with van der Waals surface area (Å²) < 4.78 is 0. The number of carbonyl (C=O) groups excluding carboxylic acids is 2. The first-order valence-electron chi connectivity index (χ1n) is 8.36. The molecule has 1 atom stereocenters. The summed E-state index contributed by atoms with van der Waals surface area (Å²) in [4.78, 5) is 26.4. The smallest absolute Gasteiger partial charge is 0.242 e. The monoisotopic (exact) mass is 358 g/mol. The van der Waals surface area contributed by atoms with Crippen molar-refractivity contribution >= 4 is 23.4 Å². The Balaban J connectivity index is 2.01. The van der Waals surface area contributed by atoms with E-state index >= 15 is 0 Å². The predicted octanol–water partition coefficient (Wildman–Crippen LogP) is 3.78. The van der Waals surface area contributed by atoms with E-state index in [1.165, 1.54) is 0 Å². The van der Waals surface area contributed by atoms with E-state index in [1.54, 1.807) is 30.9 Å². The molecule has 0 bridgehead atoms. The number of rotatable bonds is 7. The fourth-order valence-electron chi connectivity index (χ4n) is 2.50. The van der Waals surface area contributed by atoms with E-state index in [4.69, 9.17) is 11.6 Å². The van der Waals surface area contributed by atoms with E-state index in [-0.39, 0.29) is 11.8 Å².